The molecular formula is C22H21N5O2. The van der Waals surface area contributed by atoms with Gasteiger partial charge in [0.25, 0.3) is 5.91 Å². The van der Waals surface area contributed by atoms with E-state index in [1.165, 1.54) is 12.8 Å². The van der Waals surface area contributed by atoms with E-state index < -0.39 is 0 Å². The first-order valence-corrected chi connectivity index (χ1v) is 9.63. The standard InChI is InChI=1S/C22H21N5O2/c1-29-19-4-2-3-15(9-19)12-26-13-17(11-24-26)25-22(28)16-5-8-21-20(10-16)23-14-27(21)18-6-7-18/h2-5,8-11,13-14,18H,6-7,12H2,1H3,(H,25,28). The van der Waals surface area contributed by atoms with E-state index in [1.54, 1.807) is 18.0 Å². The highest BCUT2D eigenvalue weighted by atomic mass is 16.5. The maximum Gasteiger partial charge on any atom is 0.255 e. The molecule has 1 N–H and O–H groups in total. The SMILES string of the molecule is COc1cccc(Cn2cc(NC(=O)c3ccc4c(c3)ncn4C3CC3)cn2)c1. The summed E-state index contributed by atoms with van der Waals surface area (Å²) in [5, 5.41) is 7.25. The summed E-state index contributed by atoms with van der Waals surface area (Å²) in [4.78, 5) is 17.1. The molecule has 2 aromatic carbocycles. The number of hydrogen-bond acceptors (Lipinski definition) is 4. The van der Waals surface area contributed by atoms with E-state index in [2.05, 4.69) is 20.0 Å². The van der Waals surface area contributed by atoms with Crippen LogP contribution in [0.25, 0.3) is 11.0 Å². The monoisotopic (exact) mass is 387 g/mol. The predicted molar refractivity (Wildman–Crippen MR) is 110 cm³/mol. The number of ether oxygens (including phenoxy) is 1. The number of fused-ring (bicyclic) bond motifs is 1. The van der Waals surface area contributed by atoms with Gasteiger partial charge in [-0.25, -0.2) is 4.98 Å². The molecule has 1 amide bonds. The Hall–Kier alpha value is -3.61. The van der Waals surface area contributed by atoms with Gasteiger partial charge >= 0.3 is 0 Å². The fourth-order valence-electron chi connectivity index (χ4n) is 3.49. The summed E-state index contributed by atoms with van der Waals surface area (Å²) in [7, 11) is 1.65. The Bertz CT molecular complexity index is 1190. The van der Waals surface area contributed by atoms with E-state index in [-0.39, 0.29) is 5.91 Å². The van der Waals surface area contributed by atoms with E-state index in [4.69, 9.17) is 4.74 Å². The third-order valence-corrected chi connectivity index (χ3v) is 5.15. The van der Waals surface area contributed by atoms with Crippen LogP contribution in [0.3, 0.4) is 0 Å². The quantitative estimate of drug-likeness (QED) is 0.545. The number of carbonyl (C=O) groups is 1. The minimum Gasteiger partial charge on any atom is -0.497 e. The summed E-state index contributed by atoms with van der Waals surface area (Å²) in [5.41, 5.74) is 4.23. The van der Waals surface area contributed by atoms with Crippen molar-refractivity contribution < 1.29 is 9.53 Å². The van der Waals surface area contributed by atoms with Crippen LogP contribution in [-0.4, -0.2) is 32.3 Å². The van der Waals surface area contributed by atoms with Crippen LogP contribution < -0.4 is 10.1 Å². The van der Waals surface area contributed by atoms with Crippen molar-refractivity contribution in [1.29, 1.82) is 0 Å². The van der Waals surface area contributed by atoms with Crippen molar-refractivity contribution in [2.75, 3.05) is 12.4 Å². The number of imidazole rings is 1. The minimum atomic E-state index is -0.172. The van der Waals surface area contributed by atoms with Crippen LogP contribution in [0.1, 0.15) is 34.8 Å². The second kappa shape index (κ2) is 7.09. The number of aromatic nitrogens is 4. The number of amides is 1. The first-order chi connectivity index (χ1) is 14.2. The number of nitrogens with one attached hydrogen (secondary N) is 1. The van der Waals surface area contributed by atoms with E-state index in [0.717, 1.165) is 22.3 Å². The topological polar surface area (TPSA) is 74.0 Å². The van der Waals surface area contributed by atoms with Crippen molar-refractivity contribution >= 4 is 22.6 Å². The van der Waals surface area contributed by atoms with E-state index >= 15 is 0 Å². The molecule has 4 aromatic rings. The molecule has 5 rings (SSSR count). The molecule has 0 radical (unpaired) electrons. The third kappa shape index (κ3) is 3.59. The van der Waals surface area contributed by atoms with Gasteiger partial charge in [0, 0.05) is 17.8 Å². The largest absolute Gasteiger partial charge is 0.497 e. The fourth-order valence-corrected chi connectivity index (χ4v) is 3.49. The molecular weight excluding hydrogens is 366 g/mol. The molecule has 0 saturated heterocycles. The highest BCUT2D eigenvalue weighted by Gasteiger charge is 2.25. The van der Waals surface area contributed by atoms with Gasteiger partial charge in [0.2, 0.25) is 0 Å². The molecule has 0 bridgehead atoms. The third-order valence-electron chi connectivity index (χ3n) is 5.15. The molecule has 146 valence electrons. The first-order valence-electron chi connectivity index (χ1n) is 9.63. The first kappa shape index (κ1) is 17.5. The van der Waals surface area contributed by atoms with Crippen molar-refractivity contribution in [1.82, 2.24) is 19.3 Å². The highest BCUT2D eigenvalue weighted by molar-refractivity contribution is 6.05. The second-order valence-electron chi connectivity index (χ2n) is 7.32. The van der Waals surface area contributed by atoms with Crippen LogP contribution in [0.5, 0.6) is 5.75 Å². The van der Waals surface area contributed by atoms with Crippen molar-refractivity contribution in [3.8, 4) is 5.75 Å². The average Bonchev–Trinajstić information content (AvgIpc) is 3.35. The van der Waals surface area contributed by atoms with Crippen LogP contribution in [0, 0.1) is 0 Å². The zero-order valence-electron chi connectivity index (χ0n) is 16.1. The predicted octanol–water partition coefficient (Wildman–Crippen LogP) is 3.88. The lowest BCUT2D eigenvalue weighted by atomic mass is 10.2. The van der Waals surface area contributed by atoms with Crippen LogP contribution in [0.15, 0.2) is 61.2 Å². The molecule has 2 heterocycles. The van der Waals surface area contributed by atoms with Gasteiger partial charge in [-0.15, -0.1) is 0 Å². The van der Waals surface area contributed by atoms with Crippen molar-refractivity contribution in [3.63, 3.8) is 0 Å². The number of rotatable bonds is 6. The molecule has 2 aromatic heterocycles. The maximum absolute atomic E-state index is 12.7. The smallest absolute Gasteiger partial charge is 0.255 e. The number of carbonyl (C=O) groups excluding carboxylic acids is 1. The van der Waals surface area contributed by atoms with Crippen molar-refractivity contribution in [2.45, 2.75) is 25.4 Å². The second-order valence-corrected chi connectivity index (χ2v) is 7.32. The maximum atomic E-state index is 12.7. The van der Waals surface area contributed by atoms with Crippen molar-refractivity contribution in [3.05, 3.63) is 72.3 Å². The van der Waals surface area contributed by atoms with Crippen LogP contribution in [0.2, 0.25) is 0 Å². The van der Waals surface area contributed by atoms with Gasteiger partial charge in [-0.05, 0) is 48.7 Å². The lowest BCUT2D eigenvalue weighted by molar-refractivity contribution is 0.102. The molecule has 29 heavy (non-hydrogen) atoms. The summed E-state index contributed by atoms with van der Waals surface area (Å²) < 4.78 is 9.23. The number of anilines is 1. The van der Waals surface area contributed by atoms with E-state index in [9.17, 15) is 4.79 Å². The molecule has 0 atom stereocenters. The number of nitrogens with zero attached hydrogens (tertiary/aromatic N) is 4. The van der Waals surface area contributed by atoms with Gasteiger partial charge in [0.15, 0.2) is 0 Å². The van der Waals surface area contributed by atoms with Crippen LogP contribution >= 0.6 is 0 Å². The van der Waals surface area contributed by atoms with Gasteiger partial charge in [-0.2, -0.15) is 5.10 Å². The number of hydrogen-bond donors (Lipinski definition) is 1. The molecule has 1 saturated carbocycles. The highest BCUT2D eigenvalue weighted by Crippen LogP contribution is 2.37. The molecule has 7 heteroatoms. The summed E-state index contributed by atoms with van der Waals surface area (Å²) in [6, 6.07) is 14.1. The Morgan fingerprint density at radius 1 is 1.24 bits per heavy atom. The summed E-state index contributed by atoms with van der Waals surface area (Å²) >= 11 is 0. The minimum absolute atomic E-state index is 0.172. The molecule has 7 nitrogen and oxygen atoms in total. The van der Waals surface area contributed by atoms with Gasteiger partial charge in [0.1, 0.15) is 5.75 Å². The van der Waals surface area contributed by atoms with Gasteiger partial charge in [-0.3, -0.25) is 9.48 Å². The lowest BCUT2D eigenvalue weighted by Crippen LogP contribution is -2.11. The molecule has 1 fully saturated rings. The van der Waals surface area contributed by atoms with E-state index in [1.807, 2.05) is 55.0 Å². The summed E-state index contributed by atoms with van der Waals surface area (Å²) in [6.45, 7) is 0.595. The molecule has 0 unspecified atom stereocenters. The summed E-state index contributed by atoms with van der Waals surface area (Å²) in [6.07, 6.45) is 7.74. The number of benzene rings is 2. The Balaban J connectivity index is 1.29. The summed E-state index contributed by atoms with van der Waals surface area (Å²) in [5.74, 6) is 0.636. The molecule has 0 aliphatic heterocycles. The molecule has 0 spiro atoms. The van der Waals surface area contributed by atoms with Gasteiger partial charge in [0.05, 0.1) is 42.9 Å². The number of methoxy groups -OCH3 is 1. The normalized spacial score (nSPS) is 13.6. The van der Waals surface area contributed by atoms with Gasteiger partial charge in [-0.1, -0.05) is 12.1 Å². The Morgan fingerprint density at radius 3 is 2.97 bits per heavy atom. The molecule has 1 aliphatic rings. The molecule has 1 aliphatic carbocycles. The van der Waals surface area contributed by atoms with Crippen molar-refractivity contribution in [2.24, 2.45) is 0 Å². The zero-order chi connectivity index (χ0) is 19.8. The fraction of sp³-hybridized carbons (Fsp3) is 0.227. The Labute approximate surface area is 167 Å². The average molecular weight is 387 g/mol. The Kier molecular flexibility index (Phi) is 4.27. The Morgan fingerprint density at radius 2 is 2.14 bits per heavy atom. The zero-order valence-corrected chi connectivity index (χ0v) is 16.1. The van der Waals surface area contributed by atoms with Gasteiger partial charge < -0.3 is 14.6 Å². The van der Waals surface area contributed by atoms with Crippen LogP contribution in [0.4, 0.5) is 5.69 Å². The lowest BCUT2D eigenvalue weighted by Gasteiger charge is -2.05. The van der Waals surface area contributed by atoms with Crippen LogP contribution in [-0.2, 0) is 6.54 Å². The van der Waals surface area contributed by atoms with E-state index in [0.29, 0.717) is 23.8 Å².